The van der Waals surface area contributed by atoms with Crippen molar-refractivity contribution in [2.45, 2.75) is 18.5 Å². The number of carbonyl (C=O) groups excluding carboxylic acids is 2. The Morgan fingerprint density at radius 2 is 1.62 bits per heavy atom. The van der Waals surface area contributed by atoms with Crippen molar-refractivity contribution in [3.05, 3.63) is 95.1 Å². The molecule has 10 heteroatoms. The zero-order chi connectivity index (χ0) is 26.6. The highest BCUT2D eigenvalue weighted by atomic mass is 32.2. The van der Waals surface area contributed by atoms with Gasteiger partial charge in [0.15, 0.2) is 6.61 Å². The second-order valence-electron chi connectivity index (χ2n) is 8.97. The number of nitrogens with zero attached hydrogens (tertiary/aromatic N) is 1. The number of carbonyl (C=O) groups is 2. The van der Waals surface area contributed by atoms with Crippen LogP contribution in [0.15, 0.2) is 72.8 Å². The number of fused-ring (bicyclic) bond motifs is 4. The number of sulfonamides is 1. The van der Waals surface area contributed by atoms with Crippen molar-refractivity contribution in [2.75, 3.05) is 30.8 Å². The van der Waals surface area contributed by atoms with Gasteiger partial charge in [0.05, 0.1) is 18.0 Å². The molecule has 3 aromatic rings. The number of nitrogens with one attached hydrogen (secondary N) is 2. The van der Waals surface area contributed by atoms with Crippen molar-refractivity contribution in [3.63, 3.8) is 0 Å². The molecule has 0 saturated heterocycles. The van der Waals surface area contributed by atoms with Crippen LogP contribution in [-0.4, -0.2) is 57.9 Å². The van der Waals surface area contributed by atoms with E-state index in [-0.39, 0.29) is 30.0 Å². The SMILES string of the molecule is CN(c1cc2cc(c1)C(=O)N[C@@H](c1ccccc1)COc1cccc(c1)CC(C[OH2+])NC2=O)S(C)(=O)=O. The lowest BCUT2D eigenvalue weighted by Crippen LogP contribution is -2.39. The molecule has 37 heavy (non-hydrogen) atoms. The maximum Gasteiger partial charge on any atom is 0.251 e. The third-order valence-electron chi connectivity index (χ3n) is 6.19. The molecule has 4 N–H and O–H groups in total. The molecule has 1 aliphatic rings. The van der Waals surface area contributed by atoms with Gasteiger partial charge in [-0.05, 0) is 41.5 Å². The van der Waals surface area contributed by atoms with Gasteiger partial charge in [0.25, 0.3) is 11.8 Å². The van der Waals surface area contributed by atoms with Gasteiger partial charge in [-0.15, -0.1) is 0 Å². The van der Waals surface area contributed by atoms with Crippen LogP contribution >= 0.6 is 0 Å². The van der Waals surface area contributed by atoms with Crippen LogP contribution in [0.5, 0.6) is 5.75 Å². The third-order valence-corrected chi connectivity index (χ3v) is 7.40. The van der Waals surface area contributed by atoms with Crippen LogP contribution < -0.4 is 19.7 Å². The quantitative estimate of drug-likeness (QED) is 0.505. The zero-order valence-corrected chi connectivity index (χ0v) is 21.4. The van der Waals surface area contributed by atoms with Gasteiger partial charge in [0.1, 0.15) is 18.4 Å². The van der Waals surface area contributed by atoms with Crippen LogP contribution in [0, 0.1) is 0 Å². The summed E-state index contributed by atoms with van der Waals surface area (Å²) in [6.45, 7) is 0.0806. The molecule has 194 valence electrons. The Balaban J connectivity index is 1.81. The largest absolute Gasteiger partial charge is 0.491 e. The second kappa shape index (κ2) is 11.0. The van der Waals surface area contributed by atoms with Crippen LogP contribution in [0.3, 0.4) is 0 Å². The molecule has 0 fully saturated rings. The summed E-state index contributed by atoms with van der Waals surface area (Å²) in [6, 6.07) is 20.0. The molecular weight excluding hydrogens is 494 g/mol. The first-order valence-electron chi connectivity index (χ1n) is 11.8. The molecule has 0 radical (unpaired) electrons. The summed E-state index contributed by atoms with van der Waals surface area (Å²) in [5.74, 6) is -0.386. The fourth-order valence-electron chi connectivity index (χ4n) is 4.06. The highest BCUT2D eigenvalue weighted by Gasteiger charge is 2.23. The van der Waals surface area contributed by atoms with Gasteiger partial charge in [0, 0.05) is 24.6 Å². The zero-order valence-electron chi connectivity index (χ0n) is 20.6. The molecule has 0 aromatic heterocycles. The highest BCUT2D eigenvalue weighted by molar-refractivity contribution is 7.92. The first kappa shape index (κ1) is 26.2. The summed E-state index contributed by atoms with van der Waals surface area (Å²) < 4.78 is 31.5. The Bertz CT molecular complexity index is 1390. The monoisotopic (exact) mass is 524 g/mol. The molecular formula is C27H30N3O6S+. The fraction of sp³-hybridized carbons (Fsp3) is 0.259. The van der Waals surface area contributed by atoms with Crippen LogP contribution in [0.4, 0.5) is 5.69 Å². The number of benzene rings is 3. The van der Waals surface area contributed by atoms with Crippen molar-refractivity contribution >= 4 is 27.5 Å². The standard InChI is InChI=1S/C27H29N3O6S/c1-30(37(2,34)35)23-14-20-13-21(15-23)27(33)29-25(19-8-4-3-5-9-19)17-36-24-10-6-7-18(12-24)11-22(16-31)28-26(20)32/h3-10,12-15,22,25,31H,11,16-17H2,1-2H3,(H,28,32)(H,29,33)/p+1/t22?,25-/m1/s1. The maximum atomic E-state index is 13.4. The lowest BCUT2D eigenvalue weighted by Gasteiger charge is -2.22. The van der Waals surface area contributed by atoms with Crippen molar-refractivity contribution in [1.82, 2.24) is 10.6 Å². The third kappa shape index (κ3) is 6.46. The lowest BCUT2D eigenvalue weighted by atomic mass is 10.0. The summed E-state index contributed by atoms with van der Waals surface area (Å²) in [5.41, 5.74) is 2.13. The molecule has 0 spiro atoms. The minimum atomic E-state index is -3.65. The maximum absolute atomic E-state index is 13.4. The Hall–Kier alpha value is -3.89. The molecule has 1 heterocycles. The van der Waals surface area contributed by atoms with Crippen LogP contribution in [0.25, 0.3) is 0 Å². The smallest absolute Gasteiger partial charge is 0.251 e. The highest BCUT2D eigenvalue weighted by Crippen LogP contribution is 2.24. The molecule has 0 saturated carbocycles. The molecule has 4 rings (SSSR count). The van der Waals surface area contributed by atoms with E-state index < -0.39 is 33.9 Å². The summed E-state index contributed by atoms with van der Waals surface area (Å²) in [7, 11) is -2.30. The molecule has 4 bridgehead atoms. The summed E-state index contributed by atoms with van der Waals surface area (Å²) >= 11 is 0. The minimum absolute atomic E-state index is 0.0663. The normalized spacial score (nSPS) is 18.5. The molecule has 3 aromatic carbocycles. The van der Waals surface area contributed by atoms with Gasteiger partial charge >= 0.3 is 0 Å². The average molecular weight is 525 g/mol. The van der Waals surface area contributed by atoms with Gasteiger partial charge in [-0.25, -0.2) is 8.42 Å². The molecule has 1 unspecified atom stereocenters. The lowest BCUT2D eigenvalue weighted by molar-refractivity contribution is 0.0916. The Kier molecular flexibility index (Phi) is 7.80. The van der Waals surface area contributed by atoms with E-state index in [1.54, 1.807) is 0 Å². The van der Waals surface area contributed by atoms with Gasteiger partial charge in [0.2, 0.25) is 10.0 Å². The predicted octanol–water partition coefficient (Wildman–Crippen LogP) is 2.01. The van der Waals surface area contributed by atoms with Gasteiger partial charge in [-0.2, -0.15) is 0 Å². The fourth-order valence-corrected chi connectivity index (χ4v) is 4.55. The van der Waals surface area contributed by atoms with E-state index in [1.807, 2.05) is 54.6 Å². The Labute approximate surface area is 216 Å². The van der Waals surface area contributed by atoms with Gasteiger partial charge in [-0.1, -0.05) is 42.5 Å². The van der Waals surface area contributed by atoms with Gasteiger partial charge in [-0.3, -0.25) is 13.9 Å². The number of anilines is 1. The van der Waals surface area contributed by atoms with Crippen LogP contribution in [0.2, 0.25) is 0 Å². The van der Waals surface area contributed by atoms with E-state index in [9.17, 15) is 18.0 Å². The van der Waals surface area contributed by atoms with E-state index in [0.29, 0.717) is 12.2 Å². The first-order chi connectivity index (χ1) is 17.6. The minimum Gasteiger partial charge on any atom is -0.491 e. The van der Waals surface area contributed by atoms with Gasteiger partial charge < -0.3 is 20.5 Å². The number of rotatable bonds is 4. The van der Waals surface area contributed by atoms with Crippen LogP contribution in [0.1, 0.15) is 37.9 Å². The second-order valence-corrected chi connectivity index (χ2v) is 11.0. The molecule has 9 nitrogen and oxygen atoms in total. The van der Waals surface area contributed by atoms with Crippen LogP contribution in [-0.2, 0) is 16.4 Å². The van der Waals surface area contributed by atoms with E-state index >= 15 is 0 Å². The van der Waals surface area contributed by atoms with E-state index in [2.05, 4.69) is 10.6 Å². The van der Waals surface area contributed by atoms with Crippen molar-refractivity contribution in [2.24, 2.45) is 0 Å². The molecule has 0 aliphatic carbocycles. The Morgan fingerprint density at radius 1 is 0.946 bits per heavy atom. The van der Waals surface area contributed by atoms with E-state index in [4.69, 9.17) is 9.84 Å². The van der Waals surface area contributed by atoms with Crippen molar-refractivity contribution < 1.29 is 27.9 Å². The average Bonchev–Trinajstić information content (AvgIpc) is 2.89. The number of hydrogen-bond acceptors (Lipinski definition) is 5. The number of hydrogen-bond donors (Lipinski definition) is 2. The Morgan fingerprint density at radius 3 is 2.27 bits per heavy atom. The summed E-state index contributed by atoms with van der Waals surface area (Å²) in [5, 5.41) is 13.7. The number of amides is 2. The predicted molar refractivity (Wildman–Crippen MR) is 142 cm³/mol. The van der Waals surface area contributed by atoms with E-state index in [1.165, 1.54) is 25.2 Å². The van der Waals surface area contributed by atoms with E-state index in [0.717, 1.165) is 21.7 Å². The van der Waals surface area contributed by atoms with Crippen molar-refractivity contribution in [3.8, 4) is 5.75 Å². The summed E-state index contributed by atoms with van der Waals surface area (Å²) in [6.07, 6.45) is 1.45. The molecule has 2 atom stereocenters. The first-order valence-corrected chi connectivity index (χ1v) is 13.6. The summed E-state index contributed by atoms with van der Waals surface area (Å²) in [4.78, 5) is 26.6. The number of ether oxygens (including phenoxy) is 1. The molecule has 2 amide bonds. The van der Waals surface area contributed by atoms with Crippen molar-refractivity contribution in [1.29, 1.82) is 0 Å². The topological polar surface area (TPSA) is 128 Å². The molecule has 1 aliphatic heterocycles.